The van der Waals surface area contributed by atoms with E-state index >= 15 is 0 Å². The van der Waals surface area contributed by atoms with Gasteiger partial charge in [0.05, 0.1) is 0 Å². The molecule has 0 saturated heterocycles. The maximum atomic E-state index is 4.50. The van der Waals surface area contributed by atoms with E-state index in [0.717, 1.165) is 6.04 Å². The van der Waals surface area contributed by atoms with Crippen LogP contribution in [0.1, 0.15) is 32.1 Å². The topological polar surface area (TPSA) is 29.3 Å². The second-order valence-corrected chi connectivity index (χ2v) is 4.24. The standard InChI is InChI=1S/C13H19N.CH5N/c1-14(12-8-4-2-5-9-12)13-10-6-3-7-11-13;1-2/h2,4-5,8-9,13H,3,6-7,10-11H2,1H3;2H2,1H3. The number of nitrogens with zero attached hydrogens (tertiary/aromatic N) is 1. The minimum absolute atomic E-state index is 0.770. The monoisotopic (exact) mass is 220 g/mol. The molecule has 0 heterocycles. The van der Waals surface area contributed by atoms with Gasteiger partial charge in [0.25, 0.3) is 0 Å². The molecule has 0 bridgehead atoms. The summed E-state index contributed by atoms with van der Waals surface area (Å²) in [6.07, 6.45) is 6.97. The molecule has 16 heavy (non-hydrogen) atoms. The molecular formula is C14H24N2. The van der Waals surface area contributed by atoms with Gasteiger partial charge in [-0.25, -0.2) is 0 Å². The molecule has 2 heteroatoms. The van der Waals surface area contributed by atoms with Crippen molar-refractivity contribution in [2.45, 2.75) is 38.1 Å². The lowest BCUT2D eigenvalue weighted by Gasteiger charge is -2.32. The Morgan fingerprint density at radius 1 is 1.00 bits per heavy atom. The number of para-hydroxylation sites is 1. The molecule has 0 atom stereocenters. The third-order valence-electron chi connectivity index (χ3n) is 3.29. The van der Waals surface area contributed by atoms with Crippen molar-refractivity contribution in [2.24, 2.45) is 5.73 Å². The molecule has 0 aromatic heterocycles. The molecule has 2 nitrogen and oxygen atoms in total. The highest BCUT2D eigenvalue weighted by Gasteiger charge is 2.17. The zero-order valence-corrected chi connectivity index (χ0v) is 10.5. The van der Waals surface area contributed by atoms with Crippen LogP contribution in [-0.2, 0) is 0 Å². The van der Waals surface area contributed by atoms with Crippen molar-refractivity contribution in [3.8, 4) is 0 Å². The Kier molecular flexibility index (Phi) is 5.94. The smallest absolute Gasteiger partial charge is 0.0366 e. The number of benzene rings is 1. The van der Waals surface area contributed by atoms with Gasteiger partial charge < -0.3 is 10.6 Å². The normalized spacial score (nSPS) is 16.2. The Morgan fingerprint density at radius 3 is 2.12 bits per heavy atom. The van der Waals surface area contributed by atoms with Crippen molar-refractivity contribution in [1.82, 2.24) is 0 Å². The lowest BCUT2D eigenvalue weighted by molar-refractivity contribution is 0.427. The van der Waals surface area contributed by atoms with E-state index in [1.165, 1.54) is 44.8 Å². The van der Waals surface area contributed by atoms with E-state index < -0.39 is 0 Å². The summed E-state index contributed by atoms with van der Waals surface area (Å²) in [5.74, 6) is 0. The van der Waals surface area contributed by atoms with E-state index in [1.807, 2.05) is 0 Å². The molecule has 0 spiro atoms. The minimum atomic E-state index is 0.770. The number of hydrogen-bond donors (Lipinski definition) is 1. The molecule has 0 radical (unpaired) electrons. The Balaban J connectivity index is 0.000000606. The third-order valence-corrected chi connectivity index (χ3v) is 3.29. The fourth-order valence-corrected chi connectivity index (χ4v) is 2.34. The van der Waals surface area contributed by atoms with Crippen LogP contribution in [0.3, 0.4) is 0 Å². The van der Waals surface area contributed by atoms with E-state index in [9.17, 15) is 0 Å². The molecule has 1 aliphatic rings. The molecule has 2 rings (SSSR count). The van der Waals surface area contributed by atoms with Gasteiger partial charge in [-0.15, -0.1) is 0 Å². The first kappa shape index (κ1) is 13.0. The molecular weight excluding hydrogens is 196 g/mol. The van der Waals surface area contributed by atoms with Crippen LogP contribution in [0, 0.1) is 0 Å². The van der Waals surface area contributed by atoms with Crippen LogP contribution in [0.15, 0.2) is 30.3 Å². The summed E-state index contributed by atoms with van der Waals surface area (Å²) in [7, 11) is 3.73. The Morgan fingerprint density at radius 2 is 1.56 bits per heavy atom. The molecule has 1 aromatic carbocycles. The van der Waals surface area contributed by atoms with Gasteiger partial charge in [-0.05, 0) is 32.0 Å². The van der Waals surface area contributed by atoms with E-state index in [1.54, 1.807) is 0 Å². The number of nitrogens with two attached hydrogens (primary N) is 1. The lowest BCUT2D eigenvalue weighted by Crippen LogP contribution is -2.33. The van der Waals surface area contributed by atoms with Crippen LogP contribution in [0.25, 0.3) is 0 Å². The predicted octanol–water partition coefficient (Wildman–Crippen LogP) is 3.03. The van der Waals surface area contributed by atoms with E-state index in [0.29, 0.717) is 0 Å². The highest BCUT2D eigenvalue weighted by Crippen LogP contribution is 2.25. The molecule has 0 amide bonds. The molecule has 1 fully saturated rings. The van der Waals surface area contributed by atoms with Crippen LogP contribution in [0.4, 0.5) is 5.69 Å². The summed E-state index contributed by atoms with van der Waals surface area (Å²) in [6, 6.07) is 11.5. The van der Waals surface area contributed by atoms with Crippen molar-refractivity contribution in [2.75, 3.05) is 19.0 Å². The average molecular weight is 220 g/mol. The van der Waals surface area contributed by atoms with Crippen LogP contribution in [-0.4, -0.2) is 20.1 Å². The molecule has 1 aromatic rings. The van der Waals surface area contributed by atoms with Crippen molar-refractivity contribution in [1.29, 1.82) is 0 Å². The predicted molar refractivity (Wildman–Crippen MR) is 71.8 cm³/mol. The zero-order valence-electron chi connectivity index (χ0n) is 10.5. The van der Waals surface area contributed by atoms with E-state index in [2.05, 4.69) is 48.0 Å². The molecule has 1 saturated carbocycles. The molecule has 2 N–H and O–H groups in total. The van der Waals surface area contributed by atoms with Crippen molar-refractivity contribution >= 4 is 5.69 Å². The van der Waals surface area contributed by atoms with Gasteiger partial charge in [-0.1, -0.05) is 37.5 Å². The van der Waals surface area contributed by atoms with Gasteiger partial charge in [0.1, 0.15) is 0 Å². The number of hydrogen-bond acceptors (Lipinski definition) is 2. The van der Waals surface area contributed by atoms with Crippen LogP contribution >= 0.6 is 0 Å². The van der Waals surface area contributed by atoms with Crippen molar-refractivity contribution in [3.63, 3.8) is 0 Å². The van der Waals surface area contributed by atoms with Gasteiger partial charge in [-0.2, -0.15) is 0 Å². The van der Waals surface area contributed by atoms with Crippen molar-refractivity contribution < 1.29 is 0 Å². The van der Waals surface area contributed by atoms with Gasteiger partial charge in [0.2, 0.25) is 0 Å². The minimum Gasteiger partial charge on any atom is -0.372 e. The third kappa shape index (κ3) is 3.53. The Hall–Kier alpha value is -1.02. The average Bonchev–Trinajstić information content (AvgIpc) is 2.42. The fourth-order valence-electron chi connectivity index (χ4n) is 2.34. The quantitative estimate of drug-likeness (QED) is 0.830. The molecule has 90 valence electrons. The van der Waals surface area contributed by atoms with Gasteiger partial charge in [0.15, 0.2) is 0 Å². The highest BCUT2D eigenvalue weighted by atomic mass is 15.1. The Bertz CT molecular complexity index is 265. The van der Waals surface area contributed by atoms with Gasteiger partial charge >= 0.3 is 0 Å². The summed E-state index contributed by atoms with van der Waals surface area (Å²) in [4.78, 5) is 2.44. The summed E-state index contributed by atoms with van der Waals surface area (Å²) in [5.41, 5.74) is 5.86. The number of rotatable bonds is 2. The maximum absolute atomic E-state index is 4.50. The summed E-state index contributed by atoms with van der Waals surface area (Å²) < 4.78 is 0. The molecule has 1 aliphatic carbocycles. The Labute approximate surface area is 99.5 Å². The second-order valence-electron chi connectivity index (χ2n) is 4.24. The van der Waals surface area contributed by atoms with Gasteiger partial charge in [-0.3, -0.25) is 0 Å². The first-order valence-corrected chi connectivity index (χ1v) is 6.23. The first-order valence-electron chi connectivity index (χ1n) is 6.23. The zero-order chi connectivity index (χ0) is 11.8. The SMILES string of the molecule is CN.CN(c1ccccc1)C1CCCCC1. The summed E-state index contributed by atoms with van der Waals surface area (Å²) in [6.45, 7) is 0. The maximum Gasteiger partial charge on any atom is 0.0366 e. The highest BCUT2D eigenvalue weighted by molar-refractivity contribution is 5.46. The number of anilines is 1. The van der Waals surface area contributed by atoms with E-state index in [4.69, 9.17) is 0 Å². The van der Waals surface area contributed by atoms with Crippen LogP contribution in [0.5, 0.6) is 0 Å². The molecule has 0 unspecified atom stereocenters. The fraction of sp³-hybridized carbons (Fsp3) is 0.571. The largest absolute Gasteiger partial charge is 0.372 e. The summed E-state index contributed by atoms with van der Waals surface area (Å²) >= 11 is 0. The summed E-state index contributed by atoms with van der Waals surface area (Å²) in [5, 5.41) is 0. The first-order chi connectivity index (χ1) is 7.88. The lowest BCUT2D eigenvalue weighted by atomic mass is 9.94. The van der Waals surface area contributed by atoms with Gasteiger partial charge in [0, 0.05) is 18.8 Å². The van der Waals surface area contributed by atoms with E-state index in [-0.39, 0.29) is 0 Å². The van der Waals surface area contributed by atoms with Crippen LogP contribution < -0.4 is 10.6 Å². The van der Waals surface area contributed by atoms with Crippen molar-refractivity contribution in [3.05, 3.63) is 30.3 Å². The second kappa shape index (κ2) is 7.29. The molecule has 0 aliphatic heterocycles. The van der Waals surface area contributed by atoms with Crippen LogP contribution in [0.2, 0.25) is 0 Å².